The van der Waals surface area contributed by atoms with Crippen LogP contribution in [0.15, 0.2) is 0 Å². The van der Waals surface area contributed by atoms with Crippen LogP contribution in [-0.2, 0) is 18.3 Å². The van der Waals surface area contributed by atoms with E-state index in [0.717, 1.165) is 19.3 Å². The van der Waals surface area contributed by atoms with Crippen molar-refractivity contribution in [3.05, 3.63) is 0 Å². The maximum atomic E-state index is 15.2. The summed E-state index contributed by atoms with van der Waals surface area (Å²) in [5.74, 6) is -2.14. The predicted octanol–water partition coefficient (Wildman–Crippen LogP) is 5.24. The molecule has 0 aromatic carbocycles. The molecular formula is C18H37FO4Si. The Morgan fingerprint density at radius 2 is 1.67 bits per heavy atom. The Kier molecular flexibility index (Phi) is 10.6. The minimum Gasteiger partial charge on any atom is -0.393 e. The first-order valence-corrected chi connectivity index (χ1v) is 11.9. The fourth-order valence-electron chi connectivity index (χ4n) is 3.41. The van der Waals surface area contributed by atoms with Gasteiger partial charge in [-0.2, -0.15) is 0 Å². The van der Waals surface area contributed by atoms with Crippen molar-refractivity contribution in [2.75, 3.05) is 19.8 Å². The molecule has 0 bridgehead atoms. The highest BCUT2D eigenvalue weighted by atomic mass is 28.4. The molecule has 2 atom stereocenters. The molecule has 0 aromatic heterocycles. The number of ether oxygens (including phenoxy) is 2. The van der Waals surface area contributed by atoms with Crippen molar-refractivity contribution in [1.29, 1.82) is 0 Å². The zero-order valence-electron chi connectivity index (χ0n) is 16.1. The molecule has 0 radical (unpaired) electrons. The molecule has 6 heteroatoms. The van der Waals surface area contributed by atoms with Gasteiger partial charge in [-0.05, 0) is 39.7 Å². The lowest BCUT2D eigenvalue weighted by Gasteiger charge is -2.46. The lowest BCUT2D eigenvalue weighted by molar-refractivity contribution is -0.360. The second kappa shape index (κ2) is 11.6. The van der Waals surface area contributed by atoms with Crippen LogP contribution in [0.2, 0.25) is 6.04 Å². The summed E-state index contributed by atoms with van der Waals surface area (Å²) < 4.78 is 38.9. The third-order valence-electron chi connectivity index (χ3n) is 4.49. The van der Waals surface area contributed by atoms with E-state index in [2.05, 4.69) is 6.92 Å². The van der Waals surface area contributed by atoms with Gasteiger partial charge in [0.15, 0.2) is 0 Å². The molecule has 1 heterocycles. The molecule has 1 fully saturated rings. The smallest absolute Gasteiger partial charge is 0.377 e. The lowest BCUT2D eigenvalue weighted by Crippen LogP contribution is -2.61. The first-order valence-electron chi connectivity index (χ1n) is 9.84. The summed E-state index contributed by atoms with van der Waals surface area (Å²) in [6.45, 7) is 9.33. The van der Waals surface area contributed by atoms with Gasteiger partial charge in [-0.15, -0.1) is 0 Å². The van der Waals surface area contributed by atoms with Gasteiger partial charge in [0.05, 0.1) is 0 Å². The molecule has 144 valence electrons. The van der Waals surface area contributed by atoms with E-state index in [1.54, 1.807) is 0 Å². The Hall–Kier alpha value is -0.0131. The van der Waals surface area contributed by atoms with Crippen LogP contribution in [0.3, 0.4) is 0 Å². The van der Waals surface area contributed by atoms with E-state index in [-0.39, 0.29) is 0 Å². The molecule has 1 rings (SSSR count). The first-order chi connectivity index (χ1) is 11.6. The largest absolute Gasteiger partial charge is 0.393 e. The molecule has 2 unspecified atom stereocenters. The van der Waals surface area contributed by atoms with Crippen molar-refractivity contribution in [2.24, 2.45) is 0 Å². The summed E-state index contributed by atoms with van der Waals surface area (Å²) in [6.07, 6.45) is 7.54. The molecule has 0 amide bonds. The van der Waals surface area contributed by atoms with Gasteiger partial charge in [-0.3, -0.25) is 0 Å². The van der Waals surface area contributed by atoms with Gasteiger partial charge in [0.25, 0.3) is 5.97 Å². The van der Waals surface area contributed by atoms with E-state index in [4.69, 9.17) is 18.3 Å². The van der Waals surface area contributed by atoms with Crippen molar-refractivity contribution >= 4 is 8.56 Å². The minimum absolute atomic E-state index is 0.469. The van der Waals surface area contributed by atoms with Gasteiger partial charge in [-0.25, -0.2) is 4.39 Å². The van der Waals surface area contributed by atoms with E-state index >= 15 is 4.39 Å². The first kappa shape index (κ1) is 22.0. The molecule has 0 N–H and O–H groups in total. The Bertz CT molecular complexity index is 317. The summed E-state index contributed by atoms with van der Waals surface area (Å²) in [6, 6.07) is 0.679. The summed E-state index contributed by atoms with van der Waals surface area (Å²) in [5.41, 5.74) is 0. The van der Waals surface area contributed by atoms with Gasteiger partial charge in [0.2, 0.25) is 0 Å². The number of rotatable bonds is 13. The number of unbranched alkanes of at least 4 members (excludes halogenated alkanes) is 4. The SMILES string of the molecule is CCCCCCCC(F)[Si]1(OCC)CCCC(OCC)(OCC)O1. The minimum atomic E-state index is -2.98. The number of hydrogen-bond acceptors (Lipinski definition) is 4. The number of halogens is 1. The Labute approximate surface area is 148 Å². The molecule has 1 saturated heterocycles. The van der Waals surface area contributed by atoms with Crippen LogP contribution in [-0.4, -0.2) is 40.1 Å². The number of hydrogen-bond donors (Lipinski definition) is 0. The third-order valence-corrected chi connectivity index (χ3v) is 8.22. The fourth-order valence-corrected chi connectivity index (χ4v) is 6.88. The van der Waals surface area contributed by atoms with E-state index in [1.165, 1.54) is 19.3 Å². The molecular weight excluding hydrogens is 327 g/mol. The van der Waals surface area contributed by atoms with Crippen molar-refractivity contribution in [3.8, 4) is 0 Å². The van der Waals surface area contributed by atoms with Gasteiger partial charge in [0.1, 0.15) is 5.79 Å². The molecule has 0 aliphatic carbocycles. The molecule has 4 nitrogen and oxygen atoms in total. The monoisotopic (exact) mass is 364 g/mol. The number of alkyl halides is 1. The molecule has 0 spiro atoms. The van der Waals surface area contributed by atoms with Gasteiger partial charge in [0, 0.05) is 26.2 Å². The summed E-state index contributed by atoms with van der Waals surface area (Å²) in [4.78, 5) is 0. The van der Waals surface area contributed by atoms with Gasteiger partial charge in [-0.1, -0.05) is 39.0 Å². The van der Waals surface area contributed by atoms with Crippen LogP contribution in [0.25, 0.3) is 0 Å². The van der Waals surface area contributed by atoms with Crippen molar-refractivity contribution < 1.29 is 22.7 Å². The van der Waals surface area contributed by atoms with Crippen LogP contribution in [0.5, 0.6) is 0 Å². The van der Waals surface area contributed by atoms with Crippen LogP contribution in [0, 0.1) is 0 Å². The molecule has 1 aliphatic heterocycles. The second-order valence-corrected chi connectivity index (χ2v) is 9.66. The van der Waals surface area contributed by atoms with E-state index < -0.39 is 20.3 Å². The van der Waals surface area contributed by atoms with E-state index in [0.29, 0.717) is 38.7 Å². The summed E-state index contributed by atoms with van der Waals surface area (Å²) in [7, 11) is -2.98. The van der Waals surface area contributed by atoms with Gasteiger partial charge >= 0.3 is 8.56 Å². The maximum absolute atomic E-state index is 15.2. The molecule has 0 aromatic rings. The zero-order chi connectivity index (χ0) is 17.9. The maximum Gasteiger partial charge on any atom is 0.377 e. The topological polar surface area (TPSA) is 36.9 Å². The summed E-state index contributed by atoms with van der Waals surface area (Å²) >= 11 is 0. The summed E-state index contributed by atoms with van der Waals surface area (Å²) in [5, 5.41) is 0. The molecule has 1 aliphatic rings. The van der Waals surface area contributed by atoms with E-state index in [1.807, 2.05) is 20.8 Å². The van der Waals surface area contributed by atoms with Gasteiger partial charge < -0.3 is 18.3 Å². The average molecular weight is 365 g/mol. The standard InChI is InChI=1S/C18H37FO4Si/c1-5-9-10-11-12-14-17(19)24(22-8-4)16-13-15-18(23-24,20-6-2)21-7-3/h17H,5-16H2,1-4H3. The van der Waals surface area contributed by atoms with Crippen LogP contribution in [0.4, 0.5) is 4.39 Å². The van der Waals surface area contributed by atoms with E-state index in [9.17, 15) is 0 Å². The fraction of sp³-hybridized carbons (Fsp3) is 1.00. The predicted molar refractivity (Wildman–Crippen MR) is 96.8 cm³/mol. The van der Waals surface area contributed by atoms with Crippen LogP contribution in [0.1, 0.15) is 79.1 Å². The second-order valence-electron chi connectivity index (χ2n) is 6.42. The quantitative estimate of drug-likeness (QED) is 0.254. The van der Waals surface area contributed by atoms with Crippen LogP contribution >= 0.6 is 0 Å². The average Bonchev–Trinajstić information content (AvgIpc) is 2.55. The zero-order valence-corrected chi connectivity index (χ0v) is 17.1. The third kappa shape index (κ3) is 6.37. The van der Waals surface area contributed by atoms with Crippen molar-refractivity contribution in [3.63, 3.8) is 0 Å². The Balaban J connectivity index is 2.73. The van der Waals surface area contributed by atoms with Crippen LogP contribution < -0.4 is 0 Å². The lowest BCUT2D eigenvalue weighted by atomic mass is 10.1. The highest BCUT2D eigenvalue weighted by Gasteiger charge is 2.56. The molecule has 0 saturated carbocycles. The Morgan fingerprint density at radius 3 is 2.25 bits per heavy atom. The normalized spacial score (nSPS) is 24.9. The highest BCUT2D eigenvalue weighted by Crippen LogP contribution is 2.40. The highest BCUT2D eigenvalue weighted by molar-refractivity contribution is 6.69. The Morgan fingerprint density at radius 1 is 1.00 bits per heavy atom. The van der Waals surface area contributed by atoms with Crippen molar-refractivity contribution in [2.45, 2.75) is 96.9 Å². The molecule has 24 heavy (non-hydrogen) atoms. The van der Waals surface area contributed by atoms with Crippen molar-refractivity contribution in [1.82, 2.24) is 0 Å².